The SMILES string of the molecule is c1ccc(-c2ncnc3nc(N4CCCC4)sc23)nc1. The van der Waals surface area contributed by atoms with Crippen molar-refractivity contribution in [2.45, 2.75) is 12.8 Å². The average molecular weight is 283 g/mol. The second-order valence-corrected chi connectivity index (χ2v) is 5.76. The molecular formula is C14H13N5S. The Balaban J connectivity index is 1.85. The summed E-state index contributed by atoms with van der Waals surface area (Å²) in [6, 6.07) is 5.85. The number of nitrogens with zero attached hydrogens (tertiary/aromatic N) is 5. The van der Waals surface area contributed by atoms with Crippen LogP contribution in [-0.4, -0.2) is 33.0 Å². The summed E-state index contributed by atoms with van der Waals surface area (Å²) in [7, 11) is 0. The molecule has 1 aliphatic rings. The lowest BCUT2D eigenvalue weighted by atomic mass is 10.2. The van der Waals surface area contributed by atoms with Crippen LogP contribution in [-0.2, 0) is 0 Å². The van der Waals surface area contributed by atoms with Crippen LogP contribution >= 0.6 is 11.3 Å². The largest absolute Gasteiger partial charge is 0.348 e. The van der Waals surface area contributed by atoms with Gasteiger partial charge in [-0.05, 0) is 25.0 Å². The van der Waals surface area contributed by atoms with E-state index in [1.54, 1.807) is 23.9 Å². The Hall–Kier alpha value is -2.08. The molecule has 0 N–H and O–H groups in total. The van der Waals surface area contributed by atoms with E-state index in [4.69, 9.17) is 0 Å². The fourth-order valence-corrected chi connectivity index (χ4v) is 3.54. The molecule has 0 unspecified atom stereocenters. The number of thiazole rings is 1. The Kier molecular flexibility index (Phi) is 2.81. The zero-order chi connectivity index (χ0) is 13.4. The highest BCUT2D eigenvalue weighted by Crippen LogP contribution is 2.34. The minimum absolute atomic E-state index is 0.771. The minimum Gasteiger partial charge on any atom is -0.348 e. The van der Waals surface area contributed by atoms with Gasteiger partial charge in [-0.15, -0.1) is 0 Å². The highest BCUT2D eigenvalue weighted by Gasteiger charge is 2.19. The molecule has 5 nitrogen and oxygen atoms in total. The van der Waals surface area contributed by atoms with E-state index < -0.39 is 0 Å². The van der Waals surface area contributed by atoms with Crippen molar-refractivity contribution in [1.29, 1.82) is 0 Å². The summed E-state index contributed by atoms with van der Waals surface area (Å²) in [5, 5.41) is 1.05. The van der Waals surface area contributed by atoms with Gasteiger partial charge in [0, 0.05) is 19.3 Å². The number of pyridine rings is 1. The van der Waals surface area contributed by atoms with Crippen molar-refractivity contribution < 1.29 is 0 Å². The highest BCUT2D eigenvalue weighted by molar-refractivity contribution is 7.22. The maximum absolute atomic E-state index is 4.65. The summed E-state index contributed by atoms with van der Waals surface area (Å²) in [5.74, 6) is 0. The van der Waals surface area contributed by atoms with E-state index >= 15 is 0 Å². The number of anilines is 1. The minimum atomic E-state index is 0.771. The first-order valence-corrected chi connectivity index (χ1v) is 7.51. The normalized spacial score (nSPS) is 15.1. The van der Waals surface area contributed by atoms with Crippen LogP contribution in [0.5, 0.6) is 0 Å². The smallest absolute Gasteiger partial charge is 0.188 e. The molecule has 0 saturated carbocycles. The van der Waals surface area contributed by atoms with Crippen LogP contribution in [0.15, 0.2) is 30.7 Å². The quantitative estimate of drug-likeness (QED) is 0.724. The third-order valence-electron chi connectivity index (χ3n) is 3.46. The van der Waals surface area contributed by atoms with Gasteiger partial charge in [-0.1, -0.05) is 17.4 Å². The van der Waals surface area contributed by atoms with Gasteiger partial charge < -0.3 is 4.90 Å². The molecule has 20 heavy (non-hydrogen) atoms. The summed E-state index contributed by atoms with van der Waals surface area (Å²) in [6.45, 7) is 2.18. The predicted molar refractivity (Wildman–Crippen MR) is 79.9 cm³/mol. The Bertz CT molecular complexity index is 734. The zero-order valence-electron chi connectivity index (χ0n) is 10.9. The van der Waals surface area contributed by atoms with E-state index in [1.807, 2.05) is 18.2 Å². The van der Waals surface area contributed by atoms with Crippen molar-refractivity contribution in [2.24, 2.45) is 0 Å². The van der Waals surface area contributed by atoms with Crippen molar-refractivity contribution in [1.82, 2.24) is 19.9 Å². The molecule has 3 aromatic rings. The molecule has 3 aromatic heterocycles. The Morgan fingerprint density at radius 1 is 1.05 bits per heavy atom. The van der Waals surface area contributed by atoms with Crippen LogP contribution in [0.1, 0.15) is 12.8 Å². The molecule has 0 bridgehead atoms. The molecule has 4 rings (SSSR count). The molecule has 0 atom stereocenters. The first-order valence-electron chi connectivity index (χ1n) is 6.70. The fraction of sp³-hybridized carbons (Fsp3) is 0.286. The van der Waals surface area contributed by atoms with Gasteiger partial charge in [0.05, 0.1) is 5.69 Å². The van der Waals surface area contributed by atoms with Crippen molar-refractivity contribution in [3.8, 4) is 11.4 Å². The summed E-state index contributed by atoms with van der Waals surface area (Å²) in [4.78, 5) is 20.0. The van der Waals surface area contributed by atoms with E-state index in [-0.39, 0.29) is 0 Å². The molecule has 6 heteroatoms. The van der Waals surface area contributed by atoms with E-state index in [9.17, 15) is 0 Å². The van der Waals surface area contributed by atoms with Crippen molar-refractivity contribution in [2.75, 3.05) is 18.0 Å². The topological polar surface area (TPSA) is 54.8 Å². The van der Waals surface area contributed by atoms with Crippen molar-refractivity contribution in [3.63, 3.8) is 0 Å². The second kappa shape index (κ2) is 4.79. The van der Waals surface area contributed by atoms with Gasteiger partial charge in [-0.3, -0.25) is 4.98 Å². The van der Waals surface area contributed by atoms with Crippen LogP contribution in [0.2, 0.25) is 0 Å². The lowest BCUT2D eigenvalue weighted by Gasteiger charge is -2.11. The molecule has 0 aliphatic carbocycles. The summed E-state index contributed by atoms with van der Waals surface area (Å²) in [6.07, 6.45) is 5.84. The Morgan fingerprint density at radius 3 is 2.75 bits per heavy atom. The van der Waals surface area contributed by atoms with E-state index in [2.05, 4.69) is 24.8 Å². The molecule has 1 saturated heterocycles. The molecular weight excluding hydrogens is 270 g/mol. The van der Waals surface area contributed by atoms with Crippen molar-refractivity contribution in [3.05, 3.63) is 30.7 Å². The molecule has 1 fully saturated rings. The fourth-order valence-electron chi connectivity index (χ4n) is 2.47. The van der Waals surface area contributed by atoms with Crippen LogP contribution in [0.25, 0.3) is 21.7 Å². The molecule has 0 radical (unpaired) electrons. The van der Waals surface area contributed by atoms with Gasteiger partial charge in [0.25, 0.3) is 0 Å². The van der Waals surface area contributed by atoms with Gasteiger partial charge in [-0.25, -0.2) is 9.97 Å². The van der Waals surface area contributed by atoms with Gasteiger partial charge >= 0.3 is 0 Å². The lowest BCUT2D eigenvalue weighted by Crippen LogP contribution is -2.16. The van der Waals surface area contributed by atoms with Crippen LogP contribution in [0.4, 0.5) is 5.13 Å². The summed E-state index contributed by atoms with van der Waals surface area (Å²) < 4.78 is 1.02. The van der Waals surface area contributed by atoms with Crippen LogP contribution in [0, 0.1) is 0 Å². The maximum atomic E-state index is 4.65. The third kappa shape index (κ3) is 1.92. The Labute approximate surface area is 120 Å². The number of rotatable bonds is 2. The van der Waals surface area contributed by atoms with Gasteiger partial charge in [0.1, 0.15) is 16.7 Å². The summed E-state index contributed by atoms with van der Waals surface area (Å²) >= 11 is 1.67. The first-order chi connectivity index (χ1) is 9.92. The van der Waals surface area contributed by atoms with Crippen molar-refractivity contribution >= 4 is 26.8 Å². The van der Waals surface area contributed by atoms with Gasteiger partial charge in [0.2, 0.25) is 0 Å². The molecule has 1 aliphatic heterocycles. The maximum Gasteiger partial charge on any atom is 0.188 e. The third-order valence-corrected chi connectivity index (χ3v) is 4.58. The summed E-state index contributed by atoms with van der Waals surface area (Å²) in [5.41, 5.74) is 2.52. The average Bonchev–Trinajstić information content (AvgIpc) is 3.16. The van der Waals surface area contributed by atoms with E-state index in [1.165, 1.54) is 12.8 Å². The molecule has 0 aromatic carbocycles. The Morgan fingerprint density at radius 2 is 1.95 bits per heavy atom. The highest BCUT2D eigenvalue weighted by atomic mass is 32.1. The molecule has 100 valence electrons. The molecule has 0 amide bonds. The van der Waals surface area contributed by atoms with Crippen LogP contribution < -0.4 is 4.90 Å². The van der Waals surface area contributed by atoms with Gasteiger partial charge in [0.15, 0.2) is 10.8 Å². The van der Waals surface area contributed by atoms with E-state index in [0.717, 1.165) is 40.0 Å². The number of aromatic nitrogens is 4. The van der Waals surface area contributed by atoms with E-state index in [0.29, 0.717) is 0 Å². The number of fused-ring (bicyclic) bond motifs is 1. The first kappa shape index (κ1) is 11.7. The lowest BCUT2D eigenvalue weighted by molar-refractivity contribution is 0.949. The molecule has 4 heterocycles. The zero-order valence-corrected chi connectivity index (χ0v) is 11.7. The number of hydrogen-bond acceptors (Lipinski definition) is 6. The number of hydrogen-bond donors (Lipinski definition) is 0. The predicted octanol–water partition coefficient (Wildman–Crippen LogP) is 2.75. The standard InChI is InChI=1S/C14H13N5S/c1-2-6-15-10(5-1)11-12-13(17-9-16-11)18-14(20-12)19-7-3-4-8-19/h1-2,5-6,9H,3-4,7-8H2. The monoisotopic (exact) mass is 283 g/mol. The van der Waals surface area contributed by atoms with Gasteiger partial charge in [-0.2, -0.15) is 4.98 Å². The van der Waals surface area contributed by atoms with Crippen LogP contribution in [0.3, 0.4) is 0 Å². The molecule has 0 spiro atoms. The second-order valence-electron chi connectivity index (χ2n) is 4.78.